The van der Waals surface area contributed by atoms with Gasteiger partial charge in [-0.25, -0.2) is 4.79 Å². The fourth-order valence-electron chi connectivity index (χ4n) is 0.962. The largest absolute Gasteiger partial charge is 0.478 e. The Kier molecular flexibility index (Phi) is 8.02. The van der Waals surface area contributed by atoms with Crippen molar-refractivity contribution in [1.29, 1.82) is 0 Å². The Hall–Kier alpha value is -1.23. The lowest BCUT2D eigenvalue weighted by Crippen LogP contribution is -1.85. The molecule has 0 aliphatic carbocycles. The number of carbonyl (C=O) groups is 1. The molecule has 0 aromatic carbocycles. The quantitative estimate of drug-likeness (QED) is 0.387. The van der Waals surface area contributed by atoms with Crippen LogP contribution in [0.4, 0.5) is 0 Å². The molecule has 1 N–H and O–H groups in total. The number of carboxylic acid groups (broad SMARTS) is 1. The number of carboxylic acids is 1. The highest BCUT2D eigenvalue weighted by atomic mass is 16.4. The first-order valence-corrected chi connectivity index (χ1v) is 4.56. The Morgan fingerprint density at radius 2 is 2.15 bits per heavy atom. The fraction of sp³-hybridized carbons (Fsp3) is 0.545. The van der Waals surface area contributed by atoms with Crippen molar-refractivity contribution in [2.45, 2.75) is 39.0 Å². The third-order valence-corrected chi connectivity index (χ3v) is 1.61. The maximum atomic E-state index is 10.1. The van der Waals surface area contributed by atoms with Crippen LogP contribution in [0.1, 0.15) is 39.0 Å². The molecule has 13 heavy (non-hydrogen) atoms. The van der Waals surface area contributed by atoms with Gasteiger partial charge in [-0.1, -0.05) is 12.5 Å². The maximum absolute atomic E-state index is 10.1. The van der Waals surface area contributed by atoms with Gasteiger partial charge in [0.25, 0.3) is 0 Å². The van der Waals surface area contributed by atoms with Gasteiger partial charge < -0.3 is 5.11 Å². The molecule has 0 saturated heterocycles. The Balaban J connectivity index is 3.15. The van der Waals surface area contributed by atoms with Crippen molar-refractivity contribution in [2.75, 3.05) is 0 Å². The molecule has 0 bridgehead atoms. The van der Waals surface area contributed by atoms with Crippen LogP contribution in [0.2, 0.25) is 0 Å². The summed E-state index contributed by atoms with van der Waals surface area (Å²) >= 11 is 0. The summed E-state index contributed by atoms with van der Waals surface area (Å²) in [7, 11) is 0. The highest BCUT2D eigenvalue weighted by molar-refractivity contribution is 5.79. The van der Waals surface area contributed by atoms with E-state index in [-0.39, 0.29) is 0 Å². The van der Waals surface area contributed by atoms with Gasteiger partial charge in [-0.3, -0.25) is 0 Å². The second kappa shape index (κ2) is 8.86. The van der Waals surface area contributed by atoms with E-state index in [1.807, 2.05) is 6.92 Å². The lowest BCUT2D eigenvalue weighted by atomic mass is 10.1. The van der Waals surface area contributed by atoms with Gasteiger partial charge in [-0.05, 0) is 26.2 Å². The van der Waals surface area contributed by atoms with Gasteiger partial charge >= 0.3 is 5.97 Å². The minimum atomic E-state index is -0.864. The third-order valence-electron chi connectivity index (χ3n) is 1.61. The topological polar surface area (TPSA) is 37.3 Å². The van der Waals surface area contributed by atoms with E-state index in [1.165, 1.54) is 6.08 Å². The number of hydrogen-bond acceptors (Lipinski definition) is 1. The average molecular weight is 180 g/mol. The summed E-state index contributed by atoms with van der Waals surface area (Å²) in [4.78, 5) is 10.1. The van der Waals surface area contributed by atoms with Crippen molar-refractivity contribution in [3.8, 4) is 11.8 Å². The first kappa shape index (κ1) is 11.8. The summed E-state index contributed by atoms with van der Waals surface area (Å²) in [5, 5.41) is 8.28. The van der Waals surface area contributed by atoms with Gasteiger partial charge in [0.05, 0.1) is 0 Å². The first-order chi connectivity index (χ1) is 6.27. The maximum Gasteiger partial charge on any atom is 0.327 e. The predicted molar refractivity (Wildman–Crippen MR) is 53.3 cm³/mol. The summed E-state index contributed by atoms with van der Waals surface area (Å²) in [5.74, 6) is 4.97. The molecule has 2 nitrogen and oxygen atoms in total. The van der Waals surface area contributed by atoms with E-state index in [1.54, 1.807) is 6.08 Å². The number of unbranched alkanes of at least 4 members (excludes halogenated alkanes) is 4. The van der Waals surface area contributed by atoms with E-state index in [2.05, 4.69) is 11.8 Å². The highest BCUT2D eigenvalue weighted by Gasteiger charge is 1.87. The third kappa shape index (κ3) is 10.8. The summed E-state index contributed by atoms with van der Waals surface area (Å²) in [6, 6.07) is 0. The van der Waals surface area contributed by atoms with Crippen LogP contribution in [0.3, 0.4) is 0 Å². The van der Waals surface area contributed by atoms with Crippen LogP contribution in [-0.2, 0) is 4.79 Å². The van der Waals surface area contributed by atoms with Crippen molar-refractivity contribution < 1.29 is 9.90 Å². The zero-order valence-electron chi connectivity index (χ0n) is 8.05. The van der Waals surface area contributed by atoms with Crippen LogP contribution >= 0.6 is 0 Å². The van der Waals surface area contributed by atoms with E-state index in [0.29, 0.717) is 0 Å². The molecule has 0 aromatic rings. The second-order valence-electron chi connectivity index (χ2n) is 2.77. The van der Waals surface area contributed by atoms with E-state index >= 15 is 0 Å². The molecule has 0 aromatic heterocycles. The highest BCUT2D eigenvalue weighted by Crippen LogP contribution is 2.02. The normalized spacial score (nSPS) is 9.62. The lowest BCUT2D eigenvalue weighted by Gasteiger charge is -1.92. The Bertz CT molecular complexity index is 218. The fourth-order valence-corrected chi connectivity index (χ4v) is 0.962. The molecule has 0 saturated carbocycles. The smallest absolute Gasteiger partial charge is 0.327 e. The van der Waals surface area contributed by atoms with Crippen molar-refractivity contribution in [2.24, 2.45) is 0 Å². The molecule has 0 aliphatic heterocycles. The number of rotatable bonds is 6. The van der Waals surface area contributed by atoms with Gasteiger partial charge in [0.2, 0.25) is 0 Å². The van der Waals surface area contributed by atoms with Crippen molar-refractivity contribution >= 4 is 5.97 Å². The molecule has 0 fully saturated rings. The molecule has 0 unspecified atom stereocenters. The molecule has 72 valence electrons. The summed E-state index contributed by atoms with van der Waals surface area (Å²) in [6.45, 7) is 1.84. The summed E-state index contributed by atoms with van der Waals surface area (Å²) in [6.07, 6.45) is 8.00. The van der Waals surface area contributed by atoms with Gasteiger partial charge in [0.1, 0.15) is 0 Å². The van der Waals surface area contributed by atoms with Crippen molar-refractivity contribution in [1.82, 2.24) is 0 Å². The molecular weight excluding hydrogens is 164 g/mol. The van der Waals surface area contributed by atoms with Gasteiger partial charge in [-0.15, -0.1) is 11.8 Å². The van der Waals surface area contributed by atoms with Crippen LogP contribution in [0.25, 0.3) is 0 Å². The van der Waals surface area contributed by atoms with Crippen LogP contribution in [0.15, 0.2) is 12.2 Å². The van der Waals surface area contributed by atoms with Crippen LogP contribution in [0, 0.1) is 11.8 Å². The van der Waals surface area contributed by atoms with Crippen LogP contribution < -0.4 is 0 Å². The van der Waals surface area contributed by atoms with E-state index in [9.17, 15) is 4.79 Å². The lowest BCUT2D eigenvalue weighted by molar-refractivity contribution is -0.131. The number of aliphatic carboxylic acids is 1. The Morgan fingerprint density at radius 1 is 1.38 bits per heavy atom. The molecule has 0 atom stereocenters. The SMILES string of the molecule is CC#CCCCCC/C=C/C(=O)O. The summed E-state index contributed by atoms with van der Waals surface area (Å²) < 4.78 is 0. The molecule has 0 radical (unpaired) electrons. The standard InChI is InChI=1S/C11H16O2/c1-2-3-4-5-6-7-8-9-10-11(12)13/h9-10H,4-8H2,1H3,(H,12,13)/b10-9+. The van der Waals surface area contributed by atoms with Gasteiger partial charge in [0.15, 0.2) is 0 Å². The first-order valence-electron chi connectivity index (χ1n) is 4.56. The van der Waals surface area contributed by atoms with Gasteiger partial charge in [-0.2, -0.15) is 0 Å². The molecule has 0 aliphatic rings. The molecule has 2 heteroatoms. The van der Waals surface area contributed by atoms with Crippen LogP contribution in [0.5, 0.6) is 0 Å². The molecule has 0 rings (SSSR count). The van der Waals surface area contributed by atoms with Crippen LogP contribution in [-0.4, -0.2) is 11.1 Å². The summed E-state index contributed by atoms with van der Waals surface area (Å²) in [5.41, 5.74) is 0. The van der Waals surface area contributed by atoms with E-state index < -0.39 is 5.97 Å². The Labute approximate surface area is 79.7 Å². The van der Waals surface area contributed by atoms with E-state index in [0.717, 1.165) is 32.1 Å². The Morgan fingerprint density at radius 3 is 2.77 bits per heavy atom. The minimum Gasteiger partial charge on any atom is -0.478 e. The number of allylic oxidation sites excluding steroid dienone is 1. The average Bonchev–Trinajstić information content (AvgIpc) is 2.09. The van der Waals surface area contributed by atoms with Crippen molar-refractivity contribution in [3.05, 3.63) is 12.2 Å². The molecule has 0 amide bonds. The minimum absolute atomic E-state index is 0.853. The predicted octanol–water partition coefficient (Wildman–Crippen LogP) is 2.60. The van der Waals surface area contributed by atoms with Gasteiger partial charge in [0, 0.05) is 12.5 Å². The zero-order valence-corrected chi connectivity index (χ0v) is 8.05. The second-order valence-corrected chi connectivity index (χ2v) is 2.77. The monoisotopic (exact) mass is 180 g/mol. The molecule has 0 spiro atoms. The number of hydrogen-bond donors (Lipinski definition) is 1. The van der Waals surface area contributed by atoms with Crippen molar-refractivity contribution in [3.63, 3.8) is 0 Å². The molecular formula is C11H16O2. The zero-order chi connectivity index (χ0) is 9.94. The molecule has 0 heterocycles. The van der Waals surface area contributed by atoms with E-state index in [4.69, 9.17) is 5.11 Å².